The van der Waals surface area contributed by atoms with E-state index in [0.717, 1.165) is 27.9 Å². The summed E-state index contributed by atoms with van der Waals surface area (Å²) in [7, 11) is 0. The van der Waals surface area contributed by atoms with E-state index in [0.29, 0.717) is 5.76 Å². The van der Waals surface area contributed by atoms with E-state index in [1.165, 1.54) is 11.3 Å². The van der Waals surface area contributed by atoms with Crippen LogP contribution in [0.25, 0.3) is 28.0 Å². The third kappa shape index (κ3) is 2.28. The van der Waals surface area contributed by atoms with E-state index < -0.39 is 0 Å². The van der Waals surface area contributed by atoms with Gasteiger partial charge in [0.15, 0.2) is 17.3 Å². The SMILES string of the molecule is CC(c1cn2ncsc2n1)n1ccnc1-c1ccc(-c2ccn[nH]2)o1. The van der Waals surface area contributed by atoms with Crippen LogP contribution in [0.15, 0.2) is 52.9 Å². The number of nitrogens with one attached hydrogen (secondary N) is 1. The van der Waals surface area contributed by atoms with Gasteiger partial charge in [-0.2, -0.15) is 10.2 Å². The van der Waals surface area contributed by atoms with Crippen LogP contribution in [0.3, 0.4) is 0 Å². The quantitative estimate of drug-likeness (QED) is 0.537. The predicted octanol–water partition coefficient (Wildman–Crippen LogP) is 3.25. The lowest BCUT2D eigenvalue weighted by Crippen LogP contribution is -2.07. The van der Waals surface area contributed by atoms with Gasteiger partial charge in [-0.1, -0.05) is 11.3 Å². The Labute approximate surface area is 145 Å². The molecule has 0 aliphatic rings. The summed E-state index contributed by atoms with van der Waals surface area (Å²) in [5, 5.41) is 11.1. The van der Waals surface area contributed by atoms with Gasteiger partial charge >= 0.3 is 0 Å². The van der Waals surface area contributed by atoms with Gasteiger partial charge in [0.2, 0.25) is 4.96 Å². The molecule has 0 aliphatic heterocycles. The summed E-state index contributed by atoms with van der Waals surface area (Å²) < 4.78 is 9.78. The second-order valence-corrected chi connectivity index (χ2v) is 6.41. The average Bonchev–Trinajstić information content (AvgIpc) is 3.43. The number of furan rings is 1. The summed E-state index contributed by atoms with van der Waals surface area (Å²) in [6.45, 7) is 2.08. The molecule has 25 heavy (non-hydrogen) atoms. The van der Waals surface area contributed by atoms with Crippen molar-refractivity contribution < 1.29 is 4.42 Å². The Morgan fingerprint density at radius 2 is 2.12 bits per heavy atom. The topological polar surface area (TPSA) is 89.8 Å². The molecule has 0 amide bonds. The lowest BCUT2D eigenvalue weighted by molar-refractivity contribution is 0.567. The first-order chi connectivity index (χ1) is 12.3. The van der Waals surface area contributed by atoms with Crippen molar-refractivity contribution in [2.75, 3.05) is 0 Å². The van der Waals surface area contributed by atoms with Gasteiger partial charge in [-0.25, -0.2) is 14.5 Å². The number of nitrogens with zero attached hydrogens (tertiary/aromatic N) is 6. The second kappa shape index (κ2) is 5.42. The van der Waals surface area contributed by atoms with Crippen LogP contribution in [-0.4, -0.2) is 34.3 Å². The summed E-state index contributed by atoms with van der Waals surface area (Å²) >= 11 is 1.51. The average molecular weight is 351 g/mol. The third-order valence-corrected chi connectivity index (χ3v) is 4.80. The molecule has 124 valence electrons. The van der Waals surface area contributed by atoms with Crippen LogP contribution in [0.2, 0.25) is 0 Å². The summed E-state index contributed by atoms with van der Waals surface area (Å²) in [5.74, 6) is 2.17. The molecule has 0 fully saturated rings. The number of rotatable bonds is 4. The molecule has 8 nitrogen and oxygen atoms in total. The number of fused-ring (bicyclic) bond motifs is 1. The number of H-pyrrole nitrogens is 1. The largest absolute Gasteiger partial charge is 0.451 e. The van der Waals surface area contributed by atoms with Crippen LogP contribution in [0.4, 0.5) is 0 Å². The molecule has 0 radical (unpaired) electrons. The van der Waals surface area contributed by atoms with Gasteiger partial charge in [0.05, 0.1) is 17.9 Å². The minimum absolute atomic E-state index is 0.00658. The van der Waals surface area contributed by atoms with Gasteiger partial charge in [0, 0.05) is 18.6 Å². The van der Waals surface area contributed by atoms with Crippen molar-refractivity contribution in [3.63, 3.8) is 0 Å². The van der Waals surface area contributed by atoms with Crippen LogP contribution in [0.5, 0.6) is 0 Å². The fraction of sp³-hybridized carbons (Fsp3) is 0.125. The molecule has 1 atom stereocenters. The number of hydrogen-bond donors (Lipinski definition) is 1. The number of imidazole rings is 2. The molecule has 0 aliphatic carbocycles. The molecule has 5 aromatic heterocycles. The number of hydrogen-bond acceptors (Lipinski definition) is 6. The third-order valence-electron chi connectivity index (χ3n) is 4.11. The Hall–Kier alpha value is -3.20. The first kappa shape index (κ1) is 14.2. The monoisotopic (exact) mass is 351 g/mol. The molecule has 9 heteroatoms. The molecule has 0 saturated carbocycles. The van der Waals surface area contributed by atoms with Crippen LogP contribution >= 0.6 is 11.3 Å². The first-order valence-electron chi connectivity index (χ1n) is 7.71. The molecule has 5 heterocycles. The fourth-order valence-corrected chi connectivity index (χ4v) is 3.42. The van der Waals surface area contributed by atoms with E-state index in [4.69, 9.17) is 4.42 Å². The summed E-state index contributed by atoms with van der Waals surface area (Å²) in [6, 6.07) is 5.69. The van der Waals surface area contributed by atoms with Crippen molar-refractivity contribution >= 4 is 16.3 Å². The van der Waals surface area contributed by atoms with Gasteiger partial charge in [-0.3, -0.25) is 5.10 Å². The zero-order chi connectivity index (χ0) is 16.8. The van der Waals surface area contributed by atoms with Gasteiger partial charge in [0.25, 0.3) is 0 Å². The highest BCUT2D eigenvalue weighted by Gasteiger charge is 2.19. The van der Waals surface area contributed by atoms with Crippen LogP contribution in [-0.2, 0) is 0 Å². The van der Waals surface area contributed by atoms with Gasteiger partial charge in [0.1, 0.15) is 11.2 Å². The van der Waals surface area contributed by atoms with Crippen molar-refractivity contribution in [1.29, 1.82) is 0 Å². The van der Waals surface area contributed by atoms with Crippen LogP contribution < -0.4 is 0 Å². The van der Waals surface area contributed by atoms with Crippen LogP contribution in [0, 0.1) is 0 Å². The smallest absolute Gasteiger partial charge is 0.212 e. The summed E-state index contributed by atoms with van der Waals surface area (Å²) in [5.41, 5.74) is 3.54. The molecule has 1 unspecified atom stereocenters. The molecule has 5 rings (SSSR count). The van der Waals surface area contributed by atoms with E-state index in [-0.39, 0.29) is 6.04 Å². The fourth-order valence-electron chi connectivity index (χ4n) is 2.81. The number of aromatic amines is 1. The lowest BCUT2D eigenvalue weighted by Gasteiger charge is -2.13. The van der Waals surface area contributed by atoms with Crippen molar-refractivity contribution in [2.45, 2.75) is 13.0 Å². The highest BCUT2D eigenvalue weighted by Crippen LogP contribution is 2.29. The van der Waals surface area contributed by atoms with E-state index in [9.17, 15) is 0 Å². The summed E-state index contributed by atoms with van der Waals surface area (Å²) in [6.07, 6.45) is 7.33. The Morgan fingerprint density at radius 3 is 2.96 bits per heavy atom. The molecule has 0 aromatic carbocycles. The zero-order valence-electron chi connectivity index (χ0n) is 13.2. The maximum atomic E-state index is 5.95. The predicted molar refractivity (Wildman–Crippen MR) is 92.2 cm³/mol. The highest BCUT2D eigenvalue weighted by atomic mass is 32.1. The van der Waals surface area contributed by atoms with Crippen molar-refractivity contribution in [3.05, 3.63) is 54.2 Å². The number of aromatic nitrogens is 7. The molecular weight excluding hydrogens is 338 g/mol. The summed E-state index contributed by atoms with van der Waals surface area (Å²) in [4.78, 5) is 9.98. The first-order valence-corrected chi connectivity index (χ1v) is 8.59. The lowest BCUT2D eigenvalue weighted by atomic mass is 10.2. The Kier molecular flexibility index (Phi) is 3.07. The van der Waals surface area contributed by atoms with Crippen molar-refractivity contribution in [2.24, 2.45) is 0 Å². The standard InChI is InChI=1S/C16H13N7OS/c1-10(12-8-23-16(20-12)25-9-19-23)22-7-6-17-15(22)14-3-2-13(24-14)11-4-5-18-21-11/h2-10H,1H3,(H,18,21). The minimum Gasteiger partial charge on any atom is -0.451 e. The van der Waals surface area contributed by atoms with E-state index in [2.05, 4.69) is 32.2 Å². The minimum atomic E-state index is 0.00658. The molecule has 0 bridgehead atoms. The van der Waals surface area contributed by atoms with E-state index in [1.807, 2.05) is 35.2 Å². The molecule has 0 spiro atoms. The molecule has 5 aromatic rings. The second-order valence-electron chi connectivity index (χ2n) is 5.60. The highest BCUT2D eigenvalue weighted by molar-refractivity contribution is 7.14. The van der Waals surface area contributed by atoms with E-state index >= 15 is 0 Å². The Balaban J connectivity index is 1.52. The molecule has 0 saturated heterocycles. The normalized spacial score (nSPS) is 12.8. The van der Waals surface area contributed by atoms with Gasteiger partial charge in [-0.15, -0.1) is 0 Å². The zero-order valence-corrected chi connectivity index (χ0v) is 14.0. The van der Waals surface area contributed by atoms with Crippen LogP contribution in [0.1, 0.15) is 18.7 Å². The Morgan fingerprint density at radius 1 is 1.20 bits per heavy atom. The van der Waals surface area contributed by atoms with E-state index in [1.54, 1.807) is 22.4 Å². The molecular formula is C16H13N7OS. The molecule has 1 N–H and O–H groups in total. The van der Waals surface area contributed by atoms with Gasteiger partial charge in [-0.05, 0) is 25.1 Å². The Bertz CT molecular complexity index is 1100. The van der Waals surface area contributed by atoms with Gasteiger partial charge < -0.3 is 8.98 Å². The van der Waals surface area contributed by atoms with Crippen molar-refractivity contribution in [1.82, 2.24) is 34.3 Å². The maximum absolute atomic E-state index is 5.95. The van der Waals surface area contributed by atoms with Crippen molar-refractivity contribution in [3.8, 4) is 23.0 Å². The maximum Gasteiger partial charge on any atom is 0.212 e.